The predicted octanol–water partition coefficient (Wildman–Crippen LogP) is 1.88. The average molecular weight is 261 g/mol. The normalized spacial score (nSPS) is 28.4. The van der Waals surface area contributed by atoms with Gasteiger partial charge >= 0.3 is 5.97 Å². The Kier molecular flexibility index (Phi) is 3.42. The summed E-state index contributed by atoms with van der Waals surface area (Å²) in [7, 11) is 1.63. The van der Waals surface area contributed by atoms with Crippen molar-refractivity contribution in [3.8, 4) is 5.75 Å². The number of carbonyl (C=O) groups is 1. The lowest BCUT2D eigenvalue weighted by atomic mass is 9.89. The van der Waals surface area contributed by atoms with Gasteiger partial charge in [0.1, 0.15) is 12.4 Å². The van der Waals surface area contributed by atoms with Gasteiger partial charge in [0.15, 0.2) is 0 Å². The summed E-state index contributed by atoms with van der Waals surface area (Å²) < 4.78 is 10.6. The van der Waals surface area contributed by atoms with Crippen molar-refractivity contribution in [2.75, 3.05) is 7.11 Å². The summed E-state index contributed by atoms with van der Waals surface area (Å²) in [6.45, 7) is 0.323. The van der Waals surface area contributed by atoms with E-state index < -0.39 is 0 Å². The molecule has 2 bridgehead atoms. The number of fused-ring (bicyclic) bond motifs is 2. The van der Waals surface area contributed by atoms with Crippen LogP contribution < -0.4 is 10.1 Å². The molecule has 102 valence electrons. The second kappa shape index (κ2) is 5.21. The molecule has 2 heterocycles. The molecule has 0 spiro atoms. The Morgan fingerprint density at radius 1 is 1.42 bits per heavy atom. The SMILES string of the molecule is COc1cccc(COC(=O)C2CC3CCC2N3)c1. The monoisotopic (exact) mass is 261 g/mol. The molecule has 0 radical (unpaired) electrons. The molecule has 2 saturated heterocycles. The van der Waals surface area contributed by atoms with E-state index in [9.17, 15) is 4.79 Å². The topological polar surface area (TPSA) is 47.6 Å². The number of methoxy groups -OCH3 is 1. The zero-order chi connectivity index (χ0) is 13.2. The highest BCUT2D eigenvalue weighted by Gasteiger charge is 2.43. The first-order valence-electron chi connectivity index (χ1n) is 6.82. The van der Waals surface area contributed by atoms with Crippen molar-refractivity contribution in [3.05, 3.63) is 29.8 Å². The maximum Gasteiger partial charge on any atom is 0.310 e. The summed E-state index contributed by atoms with van der Waals surface area (Å²) in [5.74, 6) is 0.766. The van der Waals surface area contributed by atoms with Gasteiger partial charge in [-0.25, -0.2) is 0 Å². The van der Waals surface area contributed by atoms with E-state index in [4.69, 9.17) is 9.47 Å². The summed E-state index contributed by atoms with van der Waals surface area (Å²) in [5, 5.41) is 3.45. The van der Waals surface area contributed by atoms with E-state index in [-0.39, 0.29) is 11.9 Å². The smallest absolute Gasteiger partial charge is 0.310 e. The van der Waals surface area contributed by atoms with Crippen LogP contribution in [0.15, 0.2) is 24.3 Å². The largest absolute Gasteiger partial charge is 0.497 e. The molecule has 0 aromatic heterocycles. The van der Waals surface area contributed by atoms with Gasteiger partial charge in [-0.15, -0.1) is 0 Å². The second-order valence-electron chi connectivity index (χ2n) is 5.35. The minimum absolute atomic E-state index is 0.0457. The van der Waals surface area contributed by atoms with Gasteiger partial charge in [-0.3, -0.25) is 4.79 Å². The van der Waals surface area contributed by atoms with Crippen molar-refractivity contribution in [1.29, 1.82) is 0 Å². The van der Waals surface area contributed by atoms with Crippen LogP contribution in [0.5, 0.6) is 5.75 Å². The first-order valence-corrected chi connectivity index (χ1v) is 6.82. The lowest BCUT2D eigenvalue weighted by Crippen LogP contribution is -2.30. The van der Waals surface area contributed by atoms with Gasteiger partial charge in [-0.2, -0.15) is 0 Å². The lowest BCUT2D eigenvalue weighted by Gasteiger charge is -2.18. The van der Waals surface area contributed by atoms with Crippen molar-refractivity contribution in [2.45, 2.75) is 38.0 Å². The van der Waals surface area contributed by atoms with Gasteiger partial charge < -0.3 is 14.8 Å². The molecule has 2 fully saturated rings. The molecule has 4 nitrogen and oxygen atoms in total. The minimum atomic E-state index is -0.0671. The summed E-state index contributed by atoms with van der Waals surface area (Å²) in [4.78, 5) is 12.1. The number of carbonyl (C=O) groups excluding carboxylic acids is 1. The summed E-state index contributed by atoms with van der Waals surface area (Å²) >= 11 is 0. The van der Waals surface area contributed by atoms with Gasteiger partial charge in [0, 0.05) is 12.1 Å². The molecule has 3 rings (SSSR count). The van der Waals surface area contributed by atoms with Crippen LogP contribution in [0.3, 0.4) is 0 Å². The molecular weight excluding hydrogens is 242 g/mol. The predicted molar refractivity (Wildman–Crippen MR) is 70.8 cm³/mol. The van der Waals surface area contributed by atoms with E-state index in [1.54, 1.807) is 7.11 Å². The maximum absolute atomic E-state index is 12.1. The van der Waals surface area contributed by atoms with E-state index in [0.29, 0.717) is 18.7 Å². The molecule has 2 aliphatic rings. The molecule has 19 heavy (non-hydrogen) atoms. The quantitative estimate of drug-likeness (QED) is 0.841. The summed E-state index contributed by atoms with van der Waals surface area (Å²) in [6.07, 6.45) is 3.23. The molecule has 1 aromatic carbocycles. The average Bonchev–Trinajstić information content (AvgIpc) is 3.07. The molecule has 0 saturated carbocycles. The Morgan fingerprint density at radius 2 is 2.32 bits per heavy atom. The van der Waals surface area contributed by atoms with Crippen LogP contribution >= 0.6 is 0 Å². The van der Waals surface area contributed by atoms with Crippen molar-refractivity contribution >= 4 is 5.97 Å². The highest BCUT2D eigenvalue weighted by molar-refractivity contribution is 5.74. The second-order valence-corrected chi connectivity index (χ2v) is 5.35. The summed E-state index contributed by atoms with van der Waals surface area (Å²) in [6, 6.07) is 8.48. The fourth-order valence-corrected chi connectivity index (χ4v) is 3.11. The van der Waals surface area contributed by atoms with Crippen LogP contribution in [0.4, 0.5) is 0 Å². The number of hydrogen-bond donors (Lipinski definition) is 1. The standard InChI is InChI=1S/C15H19NO3/c1-18-12-4-2-3-10(7-12)9-19-15(17)13-8-11-5-6-14(13)16-11/h2-4,7,11,13-14,16H,5-6,8-9H2,1H3. The Bertz CT molecular complexity index is 474. The third-order valence-electron chi connectivity index (χ3n) is 4.12. The Hall–Kier alpha value is -1.55. The first kappa shape index (κ1) is 12.5. The Morgan fingerprint density at radius 3 is 3.00 bits per heavy atom. The molecule has 3 unspecified atom stereocenters. The van der Waals surface area contributed by atoms with Gasteiger partial charge in [0.2, 0.25) is 0 Å². The van der Waals surface area contributed by atoms with Crippen LogP contribution in [-0.2, 0) is 16.1 Å². The molecule has 4 heteroatoms. The van der Waals surface area contributed by atoms with E-state index >= 15 is 0 Å². The van der Waals surface area contributed by atoms with Gasteiger partial charge in [0.25, 0.3) is 0 Å². The van der Waals surface area contributed by atoms with Crippen molar-refractivity contribution in [3.63, 3.8) is 0 Å². The third-order valence-corrected chi connectivity index (χ3v) is 4.12. The van der Waals surface area contributed by atoms with Crippen molar-refractivity contribution in [2.24, 2.45) is 5.92 Å². The van der Waals surface area contributed by atoms with Crippen LogP contribution in [0.25, 0.3) is 0 Å². The van der Waals surface area contributed by atoms with E-state index in [2.05, 4.69) is 5.32 Å². The van der Waals surface area contributed by atoms with Crippen LogP contribution in [0.2, 0.25) is 0 Å². The van der Waals surface area contributed by atoms with Crippen LogP contribution in [0.1, 0.15) is 24.8 Å². The number of nitrogens with one attached hydrogen (secondary N) is 1. The summed E-state index contributed by atoms with van der Waals surface area (Å²) in [5.41, 5.74) is 0.962. The zero-order valence-electron chi connectivity index (χ0n) is 11.1. The van der Waals surface area contributed by atoms with E-state index in [1.807, 2.05) is 24.3 Å². The number of benzene rings is 1. The Balaban J connectivity index is 1.55. The molecule has 2 aliphatic heterocycles. The number of hydrogen-bond acceptors (Lipinski definition) is 4. The molecule has 3 atom stereocenters. The van der Waals surface area contributed by atoms with Crippen molar-refractivity contribution < 1.29 is 14.3 Å². The number of ether oxygens (including phenoxy) is 2. The number of rotatable bonds is 4. The van der Waals surface area contributed by atoms with Crippen LogP contribution in [-0.4, -0.2) is 25.2 Å². The van der Waals surface area contributed by atoms with E-state index in [0.717, 1.165) is 24.2 Å². The molecule has 0 aliphatic carbocycles. The fourth-order valence-electron chi connectivity index (χ4n) is 3.11. The molecule has 1 N–H and O–H groups in total. The van der Waals surface area contributed by atoms with Gasteiger partial charge in [0.05, 0.1) is 13.0 Å². The van der Waals surface area contributed by atoms with Gasteiger partial charge in [-0.1, -0.05) is 12.1 Å². The van der Waals surface area contributed by atoms with Crippen molar-refractivity contribution in [1.82, 2.24) is 5.32 Å². The lowest BCUT2D eigenvalue weighted by molar-refractivity contribution is -0.150. The highest BCUT2D eigenvalue weighted by Crippen LogP contribution is 2.34. The van der Waals surface area contributed by atoms with Gasteiger partial charge in [-0.05, 0) is 37.0 Å². The number of esters is 1. The van der Waals surface area contributed by atoms with Crippen LogP contribution in [0, 0.1) is 5.92 Å². The molecule has 0 amide bonds. The first-order chi connectivity index (χ1) is 9.26. The minimum Gasteiger partial charge on any atom is -0.497 e. The third kappa shape index (κ3) is 2.59. The Labute approximate surface area is 113 Å². The zero-order valence-corrected chi connectivity index (χ0v) is 11.1. The maximum atomic E-state index is 12.1. The molecule has 1 aromatic rings. The molecular formula is C15H19NO3. The highest BCUT2D eigenvalue weighted by atomic mass is 16.5. The fraction of sp³-hybridized carbons (Fsp3) is 0.533. The van der Waals surface area contributed by atoms with E-state index in [1.165, 1.54) is 6.42 Å².